The van der Waals surface area contributed by atoms with E-state index in [9.17, 15) is 4.79 Å². The van der Waals surface area contributed by atoms with Crippen LogP contribution >= 0.6 is 0 Å². The summed E-state index contributed by atoms with van der Waals surface area (Å²) in [5.74, 6) is 1.03. The van der Waals surface area contributed by atoms with Crippen LogP contribution in [0.4, 0.5) is 5.69 Å². The van der Waals surface area contributed by atoms with Gasteiger partial charge in [0.25, 0.3) is 5.91 Å². The fraction of sp³-hybridized carbons (Fsp3) is 0.211. The van der Waals surface area contributed by atoms with Crippen molar-refractivity contribution >= 4 is 11.6 Å². The van der Waals surface area contributed by atoms with Crippen LogP contribution in [0.5, 0.6) is 5.75 Å². The van der Waals surface area contributed by atoms with Gasteiger partial charge in [0.2, 0.25) is 0 Å². The van der Waals surface area contributed by atoms with E-state index in [2.05, 4.69) is 15.4 Å². The molecule has 0 saturated carbocycles. The number of nitrogens with zero attached hydrogens (tertiary/aromatic N) is 3. The molecule has 0 saturated heterocycles. The minimum Gasteiger partial charge on any atom is -0.481 e. The first kappa shape index (κ1) is 16.7. The number of hydrogen-bond acceptors (Lipinski definition) is 4. The Morgan fingerprint density at radius 3 is 2.84 bits per heavy atom. The number of anilines is 1. The van der Waals surface area contributed by atoms with E-state index in [-0.39, 0.29) is 5.91 Å². The number of rotatable bonds is 6. The van der Waals surface area contributed by atoms with Crippen LogP contribution in [0.2, 0.25) is 0 Å². The molecule has 25 heavy (non-hydrogen) atoms. The van der Waals surface area contributed by atoms with Crippen molar-refractivity contribution in [2.24, 2.45) is 0 Å². The molecule has 2 heterocycles. The molecule has 0 bridgehead atoms. The van der Waals surface area contributed by atoms with Crippen LogP contribution in [-0.4, -0.2) is 26.8 Å². The molecule has 6 heteroatoms. The molecule has 2 aromatic heterocycles. The van der Waals surface area contributed by atoms with Crippen LogP contribution in [0.15, 0.2) is 61.1 Å². The molecule has 0 aliphatic rings. The SMILES string of the molecule is CC[C@@H](Oc1cccc(C)c1)C(=O)Nc1cccnc1-n1cccn1. The highest BCUT2D eigenvalue weighted by molar-refractivity contribution is 5.95. The van der Waals surface area contributed by atoms with Gasteiger partial charge in [0, 0.05) is 18.6 Å². The topological polar surface area (TPSA) is 69.0 Å². The van der Waals surface area contributed by atoms with Crippen molar-refractivity contribution < 1.29 is 9.53 Å². The number of aryl methyl sites for hydroxylation is 1. The third-order valence-corrected chi connectivity index (χ3v) is 3.70. The Morgan fingerprint density at radius 1 is 1.24 bits per heavy atom. The molecule has 0 spiro atoms. The molecule has 1 amide bonds. The first-order valence-corrected chi connectivity index (χ1v) is 8.16. The van der Waals surface area contributed by atoms with Gasteiger partial charge in [-0.2, -0.15) is 5.10 Å². The average molecular weight is 336 g/mol. The van der Waals surface area contributed by atoms with Crippen molar-refractivity contribution in [2.75, 3.05) is 5.32 Å². The third-order valence-electron chi connectivity index (χ3n) is 3.70. The van der Waals surface area contributed by atoms with E-state index in [1.807, 2.05) is 38.1 Å². The van der Waals surface area contributed by atoms with E-state index in [0.717, 1.165) is 5.56 Å². The second kappa shape index (κ2) is 7.61. The number of carbonyl (C=O) groups is 1. The number of amides is 1. The average Bonchev–Trinajstić information content (AvgIpc) is 3.14. The first-order chi connectivity index (χ1) is 12.2. The number of aromatic nitrogens is 3. The van der Waals surface area contributed by atoms with Gasteiger partial charge in [0.1, 0.15) is 5.75 Å². The maximum Gasteiger partial charge on any atom is 0.265 e. The van der Waals surface area contributed by atoms with Crippen LogP contribution in [0.25, 0.3) is 5.82 Å². The molecule has 0 radical (unpaired) electrons. The zero-order valence-electron chi connectivity index (χ0n) is 14.2. The molecule has 1 N–H and O–H groups in total. The second-order valence-corrected chi connectivity index (χ2v) is 5.65. The molecule has 128 valence electrons. The van der Waals surface area contributed by atoms with Crippen LogP contribution in [0.1, 0.15) is 18.9 Å². The molecule has 0 fully saturated rings. The maximum atomic E-state index is 12.7. The van der Waals surface area contributed by atoms with Gasteiger partial charge < -0.3 is 10.1 Å². The van der Waals surface area contributed by atoms with Gasteiger partial charge in [-0.1, -0.05) is 19.1 Å². The summed E-state index contributed by atoms with van der Waals surface area (Å²) in [6.45, 7) is 3.90. The van der Waals surface area contributed by atoms with Crippen molar-refractivity contribution in [1.29, 1.82) is 0 Å². The summed E-state index contributed by atoms with van der Waals surface area (Å²) in [7, 11) is 0. The lowest BCUT2D eigenvalue weighted by molar-refractivity contribution is -0.122. The Hall–Kier alpha value is -3.15. The Morgan fingerprint density at radius 2 is 2.12 bits per heavy atom. The first-order valence-electron chi connectivity index (χ1n) is 8.16. The molecule has 3 aromatic rings. The summed E-state index contributed by atoms with van der Waals surface area (Å²) in [4.78, 5) is 17.0. The van der Waals surface area contributed by atoms with Gasteiger partial charge in [-0.05, 0) is 49.2 Å². The van der Waals surface area contributed by atoms with E-state index < -0.39 is 6.10 Å². The van der Waals surface area contributed by atoms with Gasteiger partial charge in [-0.25, -0.2) is 9.67 Å². The Balaban J connectivity index is 1.77. The van der Waals surface area contributed by atoms with Crippen molar-refractivity contribution in [3.63, 3.8) is 0 Å². The molecule has 0 aliphatic carbocycles. The normalized spacial score (nSPS) is 11.8. The summed E-state index contributed by atoms with van der Waals surface area (Å²) < 4.78 is 7.46. The molecule has 0 aliphatic heterocycles. The van der Waals surface area contributed by atoms with Crippen molar-refractivity contribution in [3.05, 3.63) is 66.6 Å². The molecular weight excluding hydrogens is 316 g/mol. The van der Waals surface area contributed by atoms with Crippen molar-refractivity contribution in [1.82, 2.24) is 14.8 Å². The molecular formula is C19H20N4O2. The second-order valence-electron chi connectivity index (χ2n) is 5.65. The summed E-state index contributed by atoms with van der Waals surface area (Å²) in [6.07, 6.45) is 5.06. The highest BCUT2D eigenvalue weighted by Crippen LogP contribution is 2.19. The molecule has 3 rings (SSSR count). The van der Waals surface area contributed by atoms with E-state index in [4.69, 9.17) is 4.74 Å². The van der Waals surface area contributed by atoms with Gasteiger partial charge in [-0.3, -0.25) is 4.79 Å². The summed E-state index contributed by atoms with van der Waals surface area (Å²) in [5.41, 5.74) is 1.67. The quantitative estimate of drug-likeness (QED) is 0.749. The largest absolute Gasteiger partial charge is 0.481 e. The van der Waals surface area contributed by atoms with Crippen molar-refractivity contribution in [3.8, 4) is 11.6 Å². The summed E-state index contributed by atoms with van der Waals surface area (Å²) in [6, 6.07) is 13.0. The minimum absolute atomic E-state index is 0.217. The fourth-order valence-electron chi connectivity index (χ4n) is 2.46. The van der Waals surface area contributed by atoms with Crippen LogP contribution in [-0.2, 0) is 4.79 Å². The smallest absolute Gasteiger partial charge is 0.265 e. The van der Waals surface area contributed by atoms with Crippen molar-refractivity contribution in [2.45, 2.75) is 26.4 Å². The monoisotopic (exact) mass is 336 g/mol. The number of benzene rings is 1. The predicted octanol–water partition coefficient (Wildman–Crippen LogP) is 3.37. The Bertz CT molecular complexity index is 846. The number of carbonyl (C=O) groups excluding carboxylic acids is 1. The predicted molar refractivity (Wildman–Crippen MR) is 95.9 cm³/mol. The van der Waals surface area contributed by atoms with Crippen LogP contribution in [0.3, 0.4) is 0 Å². The fourth-order valence-corrected chi connectivity index (χ4v) is 2.46. The van der Waals surface area contributed by atoms with E-state index >= 15 is 0 Å². The zero-order valence-corrected chi connectivity index (χ0v) is 14.2. The summed E-state index contributed by atoms with van der Waals surface area (Å²) in [5, 5.41) is 7.07. The van der Waals surface area contributed by atoms with Gasteiger partial charge in [0.05, 0.1) is 5.69 Å². The van der Waals surface area contributed by atoms with E-state index in [0.29, 0.717) is 23.7 Å². The van der Waals surface area contributed by atoms with E-state index in [1.165, 1.54) is 0 Å². The van der Waals surface area contributed by atoms with Gasteiger partial charge in [-0.15, -0.1) is 0 Å². The highest BCUT2D eigenvalue weighted by Gasteiger charge is 2.20. The zero-order chi connectivity index (χ0) is 17.6. The van der Waals surface area contributed by atoms with Crippen LogP contribution in [0, 0.1) is 6.92 Å². The Labute approximate surface area is 146 Å². The highest BCUT2D eigenvalue weighted by atomic mass is 16.5. The summed E-state index contributed by atoms with van der Waals surface area (Å²) >= 11 is 0. The lowest BCUT2D eigenvalue weighted by atomic mass is 10.2. The van der Waals surface area contributed by atoms with Crippen LogP contribution < -0.4 is 10.1 Å². The maximum absolute atomic E-state index is 12.7. The minimum atomic E-state index is -0.590. The lowest BCUT2D eigenvalue weighted by Crippen LogP contribution is -2.32. The molecule has 0 unspecified atom stereocenters. The lowest BCUT2D eigenvalue weighted by Gasteiger charge is -2.18. The molecule has 1 atom stereocenters. The number of nitrogens with one attached hydrogen (secondary N) is 1. The molecule has 6 nitrogen and oxygen atoms in total. The number of hydrogen-bond donors (Lipinski definition) is 1. The Kier molecular flexibility index (Phi) is 5.09. The number of pyridine rings is 1. The molecule has 1 aromatic carbocycles. The standard InChI is InChI=1S/C19H20N4O2/c1-3-17(25-15-8-4-7-14(2)13-15)19(24)22-16-9-5-10-20-18(16)23-12-6-11-21-23/h4-13,17H,3H2,1-2H3,(H,22,24)/t17-/m1/s1. The number of ether oxygens (including phenoxy) is 1. The van der Waals surface area contributed by atoms with Gasteiger partial charge in [0.15, 0.2) is 11.9 Å². The van der Waals surface area contributed by atoms with Gasteiger partial charge >= 0.3 is 0 Å². The van der Waals surface area contributed by atoms with E-state index in [1.54, 1.807) is 41.5 Å². The third kappa shape index (κ3) is 4.03.